The van der Waals surface area contributed by atoms with E-state index >= 15 is 0 Å². The van der Waals surface area contributed by atoms with E-state index in [0.29, 0.717) is 18.1 Å². The minimum Gasteiger partial charge on any atom is -0.484 e. The summed E-state index contributed by atoms with van der Waals surface area (Å²) in [5, 5.41) is 0. The maximum atomic E-state index is 13.0. The maximum absolute atomic E-state index is 13.0. The summed E-state index contributed by atoms with van der Waals surface area (Å²) in [5.41, 5.74) is 1.97. The van der Waals surface area contributed by atoms with E-state index in [-0.39, 0.29) is 24.5 Å². The van der Waals surface area contributed by atoms with Crippen LogP contribution in [0.4, 0.5) is 5.69 Å². The van der Waals surface area contributed by atoms with Crippen molar-refractivity contribution < 1.29 is 14.3 Å². The predicted molar refractivity (Wildman–Crippen MR) is 113 cm³/mol. The molecule has 2 aliphatic rings. The van der Waals surface area contributed by atoms with E-state index in [1.54, 1.807) is 4.90 Å². The van der Waals surface area contributed by atoms with Gasteiger partial charge in [-0.15, -0.1) is 0 Å². The molecule has 0 bridgehead atoms. The molecule has 0 radical (unpaired) electrons. The van der Waals surface area contributed by atoms with Crippen LogP contribution in [0.3, 0.4) is 0 Å². The number of carbonyl (C=O) groups is 2. The molecule has 152 valence electrons. The van der Waals surface area contributed by atoms with E-state index in [1.807, 2.05) is 47.4 Å². The van der Waals surface area contributed by atoms with Crippen LogP contribution in [0.25, 0.3) is 0 Å². The number of nitrogens with zero attached hydrogens (tertiary/aromatic N) is 2. The maximum Gasteiger partial charge on any atom is 0.261 e. The van der Waals surface area contributed by atoms with Crippen molar-refractivity contribution in [3.8, 4) is 5.75 Å². The second-order valence-corrected chi connectivity index (χ2v) is 8.01. The molecule has 1 aliphatic heterocycles. The zero-order valence-corrected chi connectivity index (χ0v) is 16.9. The Morgan fingerprint density at radius 3 is 2.66 bits per heavy atom. The van der Waals surface area contributed by atoms with E-state index in [9.17, 15) is 9.59 Å². The van der Waals surface area contributed by atoms with Crippen LogP contribution in [0.2, 0.25) is 0 Å². The average Bonchev–Trinajstić information content (AvgIpc) is 3.48. The highest BCUT2D eigenvalue weighted by molar-refractivity contribution is 5.95. The van der Waals surface area contributed by atoms with Crippen LogP contribution in [0.5, 0.6) is 5.75 Å². The fourth-order valence-electron chi connectivity index (χ4n) is 3.86. The van der Waals surface area contributed by atoms with Crippen LogP contribution in [-0.4, -0.2) is 36.4 Å². The van der Waals surface area contributed by atoms with Crippen molar-refractivity contribution in [3.05, 3.63) is 60.2 Å². The van der Waals surface area contributed by atoms with Gasteiger partial charge in [0.25, 0.3) is 5.91 Å². The van der Waals surface area contributed by atoms with E-state index < -0.39 is 0 Å². The lowest BCUT2D eigenvalue weighted by Crippen LogP contribution is -2.38. The minimum atomic E-state index is -0.00379. The summed E-state index contributed by atoms with van der Waals surface area (Å²) in [4.78, 5) is 28.7. The molecule has 4 rings (SSSR count). The zero-order chi connectivity index (χ0) is 20.2. The first-order valence-electron chi connectivity index (χ1n) is 10.5. The minimum absolute atomic E-state index is 0.00128. The second-order valence-electron chi connectivity index (χ2n) is 8.01. The molecular formula is C24H28N2O3. The number of rotatable bonds is 8. The average molecular weight is 392 g/mol. The SMILES string of the molecule is CC(c1ccccc1)N(CC1CC1)C(=O)COc1cccc(N2CCCC2=O)c1. The van der Waals surface area contributed by atoms with Crippen LogP contribution in [0, 0.1) is 5.92 Å². The summed E-state index contributed by atoms with van der Waals surface area (Å²) < 4.78 is 5.84. The molecule has 29 heavy (non-hydrogen) atoms. The Hall–Kier alpha value is -2.82. The topological polar surface area (TPSA) is 49.9 Å². The van der Waals surface area contributed by atoms with Crippen LogP contribution < -0.4 is 9.64 Å². The number of anilines is 1. The molecule has 2 amide bonds. The second kappa shape index (κ2) is 8.68. The fourth-order valence-corrected chi connectivity index (χ4v) is 3.86. The van der Waals surface area contributed by atoms with Crippen molar-refractivity contribution >= 4 is 17.5 Å². The van der Waals surface area contributed by atoms with Gasteiger partial charge in [0.05, 0.1) is 6.04 Å². The number of benzene rings is 2. The molecule has 0 N–H and O–H groups in total. The van der Waals surface area contributed by atoms with Gasteiger partial charge in [-0.05, 0) is 49.8 Å². The lowest BCUT2D eigenvalue weighted by atomic mass is 10.1. The molecule has 0 aromatic heterocycles. The van der Waals surface area contributed by atoms with E-state index in [1.165, 1.54) is 12.8 Å². The molecule has 5 heteroatoms. The molecule has 1 saturated heterocycles. The summed E-state index contributed by atoms with van der Waals surface area (Å²) >= 11 is 0. The molecule has 2 aromatic rings. The third-order valence-corrected chi connectivity index (χ3v) is 5.79. The number of hydrogen-bond acceptors (Lipinski definition) is 3. The monoisotopic (exact) mass is 392 g/mol. The van der Waals surface area contributed by atoms with Gasteiger partial charge in [0.15, 0.2) is 6.61 Å². The molecular weight excluding hydrogens is 364 g/mol. The van der Waals surface area contributed by atoms with Gasteiger partial charge in [0.1, 0.15) is 5.75 Å². The van der Waals surface area contributed by atoms with E-state index in [4.69, 9.17) is 4.74 Å². The molecule has 1 saturated carbocycles. The highest BCUT2D eigenvalue weighted by Gasteiger charge is 2.30. The van der Waals surface area contributed by atoms with E-state index in [0.717, 1.165) is 30.8 Å². The standard InChI is InChI=1S/C24H28N2O3/c1-18(20-7-3-2-4-8-20)26(16-19-12-13-19)24(28)17-29-22-10-5-9-21(15-22)25-14-6-11-23(25)27/h2-5,7-10,15,18-19H,6,11-14,16-17H2,1H3. The van der Waals surface area contributed by atoms with Gasteiger partial charge in [-0.1, -0.05) is 36.4 Å². The molecule has 1 unspecified atom stereocenters. The molecule has 2 fully saturated rings. The quantitative estimate of drug-likeness (QED) is 0.677. The Morgan fingerprint density at radius 2 is 1.97 bits per heavy atom. The lowest BCUT2D eigenvalue weighted by Gasteiger charge is -2.30. The van der Waals surface area contributed by atoms with Gasteiger partial charge in [-0.3, -0.25) is 9.59 Å². The van der Waals surface area contributed by atoms with Gasteiger partial charge in [0.2, 0.25) is 5.91 Å². The summed E-state index contributed by atoms with van der Waals surface area (Å²) in [6.45, 7) is 3.60. The van der Waals surface area contributed by atoms with Gasteiger partial charge >= 0.3 is 0 Å². The molecule has 1 heterocycles. The first-order chi connectivity index (χ1) is 14.1. The summed E-state index contributed by atoms with van der Waals surface area (Å²) in [5.74, 6) is 1.37. The number of ether oxygens (including phenoxy) is 1. The smallest absolute Gasteiger partial charge is 0.261 e. The van der Waals surface area contributed by atoms with Gasteiger partial charge in [0, 0.05) is 31.3 Å². The Bertz CT molecular complexity index is 863. The van der Waals surface area contributed by atoms with Crippen LogP contribution in [0.1, 0.15) is 44.2 Å². The van der Waals surface area contributed by atoms with Crippen molar-refractivity contribution in [2.75, 3.05) is 24.6 Å². The summed E-state index contributed by atoms with van der Waals surface area (Å²) in [7, 11) is 0. The Labute approximate surface area is 172 Å². The van der Waals surface area contributed by atoms with Crippen molar-refractivity contribution in [2.24, 2.45) is 5.92 Å². The van der Waals surface area contributed by atoms with Gasteiger partial charge in [-0.25, -0.2) is 0 Å². The summed E-state index contributed by atoms with van der Waals surface area (Å²) in [6, 6.07) is 17.6. The van der Waals surface area contributed by atoms with Crippen LogP contribution >= 0.6 is 0 Å². The van der Waals surface area contributed by atoms with Crippen LogP contribution in [-0.2, 0) is 9.59 Å². The number of amides is 2. The lowest BCUT2D eigenvalue weighted by molar-refractivity contribution is -0.135. The Kier molecular flexibility index (Phi) is 5.84. The van der Waals surface area contributed by atoms with Crippen molar-refractivity contribution in [1.82, 2.24) is 4.90 Å². The predicted octanol–water partition coefficient (Wildman–Crippen LogP) is 4.19. The van der Waals surface area contributed by atoms with Gasteiger partial charge < -0.3 is 14.5 Å². The Balaban J connectivity index is 1.42. The normalized spacial score (nSPS) is 17.3. The highest BCUT2D eigenvalue weighted by Crippen LogP contribution is 2.33. The third kappa shape index (κ3) is 4.78. The molecule has 0 spiro atoms. The molecule has 5 nitrogen and oxygen atoms in total. The number of carbonyl (C=O) groups excluding carboxylic acids is 2. The molecule has 2 aromatic carbocycles. The summed E-state index contributed by atoms with van der Waals surface area (Å²) in [6.07, 6.45) is 3.86. The Morgan fingerprint density at radius 1 is 1.17 bits per heavy atom. The van der Waals surface area contributed by atoms with Gasteiger partial charge in [-0.2, -0.15) is 0 Å². The highest BCUT2D eigenvalue weighted by atomic mass is 16.5. The van der Waals surface area contributed by atoms with E-state index in [2.05, 4.69) is 19.1 Å². The van der Waals surface area contributed by atoms with Crippen molar-refractivity contribution in [3.63, 3.8) is 0 Å². The largest absolute Gasteiger partial charge is 0.484 e. The number of hydrogen-bond donors (Lipinski definition) is 0. The first kappa shape index (κ1) is 19.5. The first-order valence-corrected chi connectivity index (χ1v) is 10.5. The zero-order valence-electron chi connectivity index (χ0n) is 16.9. The molecule has 1 aliphatic carbocycles. The van der Waals surface area contributed by atoms with Crippen molar-refractivity contribution in [1.29, 1.82) is 0 Å². The third-order valence-electron chi connectivity index (χ3n) is 5.79. The van der Waals surface area contributed by atoms with Crippen LogP contribution in [0.15, 0.2) is 54.6 Å². The fraction of sp³-hybridized carbons (Fsp3) is 0.417. The van der Waals surface area contributed by atoms with Crippen molar-refractivity contribution in [2.45, 2.75) is 38.6 Å². The molecule has 1 atom stereocenters.